The smallest absolute Gasteiger partial charge is 0.419 e. The van der Waals surface area contributed by atoms with Crippen molar-refractivity contribution in [3.05, 3.63) is 54.1 Å². The van der Waals surface area contributed by atoms with Gasteiger partial charge in [-0.25, -0.2) is 9.37 Å². The second kappa shape index (κ2) is 5.01. The van der Waals surface area contributed by atoms with E-state index in [4.69, 9.17) is 4.74 Å². The Morgan fingerprint density at radius 1 is 1.18 bits per heavy atom. The van der Waals surface area contributed by atoms with E-state index >= 15 is 0 Å². The minimum Gasteiger partial charge on any atom is -0.493 e. The topological polar surface area (TPSA) is 26.5 Å². The van der Waals surface area contributed by atoms with Gasteiger partial charge in [-0.1, -0.05) is 0 Å². The molecule has 0 unspecified atom stereocenters. The molecule has 0 N–H and O–H groups in total. The predicted molar refractivity (Wildman–Crippen MR) is 72.1 cm³/mol. The van der Waals surface area contributed by atoms with Crippen molar-refractivity contribution in [1.82, 2.24) is 9.38 Å². The van der Waals surface area contributed by atoms with Crippen molar-refractivity contribution < 1.29 is 22.3 Å². The summed E-state index contributed by atoms with van der Waals surface area (Å²) in [4.78, 5) is 4.25. The van der Waals surface area contributed by atoms with Crippen molar-refractivity contribution in [2.24, 2.45) is 0 Å². The second-order valence-corrected chi connectivity index (χ2v) is 4.63. The molecular formula is C15H10F4N2O. The van der Waals surface area contributed by atoms with Crippen LogP contribution < -0.4 is 4.74 Å². The van der Waals surface area contributed by atoms with Crippen LogP contribution in [0.5, 0.6) is 5.75 Å². The number of rotatable bonds is 2. The number of benzene rings is 1. The SMILES string of the molecule is COc1cccn2cc(-c3ccc(F)c(C(F)(F)F)c3)nc12. The largest absolute Gasteiger partial charge is 0.493 e. The Balaban J connectivity index is 2.16. The first-order valence-corrected chi connectivity index (χ1v) is 6.29. The van der Waals surface area contributed by atoms with Crippen LogP contribution in [0, 0.1) is 5.82 Å². The van der Waals surface area contributed by atoms with E-state index in [1.54, 1.807) is 28.9 Å². The highest BCUT2D eigenvalue weighted by molar-refractivity contribution is 5.66. The molecule has 0 saturated heterocycles. The van der Waals surface area contributed by atoms with Crippen LogP contribution >= 0.6 is 0 Å². The normalized spacial score (nSPS) is 11.9. The highest BCUT2D eigenvalue weighted by atomic mass is 19.4. The van der Waals surface area contributed by atoms with E-state index in [1.807, 2.05) is 0 Å². The van der Waals surface area contributed by atoms with Gasteiger partial charge in [-0.15, -0.1) is 0 Å². The van der Waals surface area contributed by atoms with Crippen molar-refractivity contribution in [3.8, 4) is 17.0 Å². The number of nitrogens with zero attached hydrogens (tertiary/aromatic N) is 2. The number of aromatic nitrogens is 2. The summed E-state index contributed by atoms with van der Waals surface area (Å²) >= 11 is 0. The van der Waals surface area contributed by atoms with Gasteiger partial charge in [0.1, 0.15) is 5.82 Å². The van der Waals surface area contributed by atoms with Crippen molar-refractivity contribution >= 4 is 5.65 Å². The molecule has 0 atom stereocenters. The van der Waals surface area contributed by atoms with E-state index in [0.717, 1.165) is 12.1 Å². The van der Waals surface area contributed by atoms with Gasteiger partial charge in [0.25, 0.3) is 0 Å². The Morgan fingerprint density at radius 3 is 2.64 bits per heavy atom. The monoisotopic (exact) mass is 310 g/mol. The van der Waals surface area contributed by atoms with Gasteiger partial charge >= 0.3 is 6.18 Å². The molecule has 0 bridgehead atoms. The lowest BCUT2D eigenvalue weighted by Crippen LogP contribution is -2.08. The Bertz CT molecular complexity index is 839. The van der Waals surface area contributed by atoms with Gasteiger partial charge in [0.15, 0.2) is 11.4 Å². The molecule has 22 heavy (non-hydrogen) atoms. The minimum atomic E-state index is -4.75. The fourth-order valence-corrected chi connectivity index (χ4v) is 2.19. The van der Waals surface area contributed by atoms with Gasteiger partial charge in [-0.3, -0.25) is 0 Å². The van der Waals surface area contributed by atoms with E-state index in [0.29, 0.717) is 17.1 Å². The molecule has 114 valence electrons. The van der Waals surface area contributed by atoms with Crippen molar-refractivity contribution in [2.45, 2.75) is 6.18 Å². The lowest BCUT2D eigenvalue weighted by atomic mass is 10.1. The molecule has 2 heterocycles. The zero-order chi connectivity index (χ0) is 15.9. The number of hydrogen-bond donors (Lipinski definition) is 0. The zero-order valence-electron chi connectivity index (χ0n) is 11.4. The number of halogens is 4. The van der Waals surface area contributed by atoms with E-state index in [-0.39, 0.29) is 5.56 Å². The second-order valence-electron chi connectivity index (χ2n) is 4.63. The Morgan fingerprint density at radius 2 is 1.95 bits per heavy atom. The third-order valence-electron chi connectivity index (χ3n) is 3.23. The van der Waals surface area contributed by atoms with Crippen LogP contribution in [0.25, 0.3) is 16.9 Å². The third-order valence-corrected chi connectivity index (χ3v) is 3.23. The number of imidazole rings is 1. The number of alkyl halides is 3. The van der Waals surface area contributed by atoms with Gasteiger partial charge in [0, 0.05) is 18.0 Å². The van der Waals surface area contributed by atoms with Crippen LogP contribution in [0.1, 0.15) is 5.56 Å². The average Bonchev–Trinajstić information content (AvgIpc) is 2.90. The first-order chi connectivity index (χ1) is 10.4. The molecule has 0 saturated carbocycles. The lowest BCUT2D eigenvalue weighted by Gasteiger charge is -2.08. The zero-order valence-corrected chi connectivity index (χ0v) is 11.4. The molecule has 2 aromatic heterocycles. The summed E-state index contributed by atoms with van der Waals surface area (Å²) in [6, 6.07) is 6.23. The Kier molecular flexibility index (Phi) is 3.27. The molecule has 7 heteroatoms. The maximum Gasteiger partial charge on any atom is 0.419 e. The standard InChI is InChI=1S/C15H10F4N2O/c1-22-13-3-2-6-21-8-12(20-14(13)21)9-4-5-11(16)10(7-9)15(17,18)19/h2-8H,1H3. The van der Waals surface area contributed by atoms with Gasteiger partial charge in [0.05, 0.1) is 18.4 Å². The quantitative estimate of drug-likeness (QED) is 0.664. The summed E-state index contributed by atoms with van der Waals surface area (Å²) in [5.74, 6) is -0.815. The molecule has 0 fully saturated rings. The van der Waals surface area contributed by atoms with Crippen LogP contribution in [0.4, 0.5) is 17.6 Å². The number of pyridine rings is 1. The third kappa shape index (κ3) is 2.38. The average molecular weight is 310 g/mol. The van der Waals surface area contributed by atoms with Crippen LogP contribution in [0.2, 0.25) is 0 Å². The predicted octanol–water partition coefficient (Wildman–Crippen LogP) is 4.17. The minimum absolute atomic E-state index is 0.180. The summed E-state index contributed by atoms with van der Waals surface area (Å²) in [5, 5.41) is 0. The lowest BCUT2D eigenvalue weighted by molar-refractivity contribution is -0.139. The van der Waals surface area contributed by atoms with E-state index < -0.39 is 17.6 Å². The Hall–Kier alpha value is -2.57. The number of fused-ring (bicyclic) bond motifs is 1. The van der Waals surface area contributed by atoms with Crippen molar-refractivity contribution in [2.75, 3.05) is 7.11 Å². The number of methoxy groups -OCH3 is 1. The van der Waals surface area contributed by atoms with Crippen LogP contribution in [0.3, 0.4) is 0 Å². The highest BCUT2D eigenvalue weighted by Gasteiger charge is 2.34. The summed E-state index contributed by atoms with van der Waals surface area (Å²) in [6.07, 6.45) is -1.50. The molecule has 0 aliphatic rings. The van der Waals surface area contributed by atoms with Gasteiger partial charge in [-0.2, -0.15) is 13.2 Å². The Labute approximate surface area is 122 Å². The van der Waals surface area contributed by atoms with Crippen LogP contribution in [-0.2, 0) is 6.18 Å². The van der Waals surface area contributed by atoms with Crippen LogP contribution in [-0.4, -0.2) is 16.5 Å². The van der Waals surface area contributed by atoms with E-state index in [9.17, 15) is 17.6 Å². The highest BCUT2D eigenvalue weighted by Crippen LogP contribution is 2.34. The number of ether oxygens (including phenoxy) is 1. The van der Waals surface area contributed by atoms with E-state index in [2.05, 4.69) is 4.98 Å². The molecule has 3 nitrogen and oxygen atoms in total. The summed E-state index contributed by atoms with van der Waals surface area (Å²) in [5.41, 5.74) is -0.360. The van der Waals surface area contributed by atoms with Gasteiger partial charge in [-0.05, 0) is 30.3 Å². The molecule has 0 radical (unpaired) electrons. The van der Waals surface area contributed by atoms with Crippen LogP contribution in [0.15, 0.2) is 42.7 Å². The molecule has 0 spiro atoms. The van der Waals surface area contributed by atoms with Gasteiger partial charge < -0.3 is 9.14 Å². The summed E-state index contributed by atoms with van der Waals surface area (Å²) in [6.45, 7) is 0. The fourth-order valence-electron chi connectivity index (χ4n) is 2.19. The first-order valence-electron chi connectivity index (χ1n) is 6.29. The van der Waals surface area contributed by atoms with Gasteiger partial charge in [0.2, 0.25) is 0 Å². The van der Waals surface area contributed by atoms with Crippen molar-refractivity contribution in [3.63, 3.8) is 0 Å². The first kappa shape index (κ1) is 14.4. The molecule has 3 aromatic rings. The maximum absolute atomic E-state index is 13.3. The molecule has 0 aliphatic carbocycles. The molecule has 0 amide bonds. The maximum atomic E-state index is 13.3. The van der Waals surface area contributed by atoms with Crippen molar-refractivity contribution in [1.29, 1.82) is 0 Å². The molecule has 1 aromatic carbocycles. The summed E-state index contributed by atoms with van der Waals surface area (Å²) in [7, 11) is 1.48. The number of hydrogen-bond acceptors (Lipinski definition) is 2. The fraction of sp³-hybridized carbons (Fsp3) is 0.133. The molecule has 0 aliphatic heterocycles. The molecule has 3 rings (SSSR count). The summed E-state index contributed by atoms with van der Waals surface area (Å²) < 4.78 is 58.5. The molecular weight excluding hydrogens is 300 g/mol. The van der Waals surface area contributed by atoms with E-state index in [1.165, 1.54) is 13.2 Å².